The SMILES string of the molecule is CCNC(=O)C(Cc1ccccc1)N(Cc1ccccc1C)C(=O)CC(c1ccccc1)c1ccccc1. The van der Waals surface area contributed by atoms with E-state index in [1.54, 1.807) is 4.90 Å². The second kappa shape index (κ2) is 13.4. The maximum atomic E-state index is 14.3. The van der Waals surface area contributed by atoms with Gasteiger partial charge in [0.05, 0.1) is 0 Å². The van der Waals surface area contributed by atoms with E-state index in [2.05, 4.69) is 29.6 Å². The number of carbonyl (C=O) groups excluding carboxylic acids is 2. The molecule has 1 N–H and O–H groups in total. The summed E-state index contributed by atoms with van der Waals surface area (Å²) in [5, 5.41) is 2.99. The van der Waals surface area contributed by atoms with Crippen LogP contribution in [0.25, 0.3) is 0 Å². The molecule has 0 aliphatic heterocycles. The first-order chi connectivity index (χ1) is 18.6. The Morgan fingerprint density at radius 1 is 0.737 bits per heavy atom. The number of amides is 2. The smallest absolute Gasteiger partial charge is 0.243 e. The second-order valence-corrected chi connectivity index (χ2v) is 9.63. The maximum absolute atomic E-state index is 14.3. The van der Waals surface area contributed by atoms with Gasteiger partial charge in [-0.15, -0.1) is 0 Å². The van der Waals surface area contributed by atoms with Gasteiger partial charge in [-0.1, -0.05) is 115 Å². The highest BCUT2D eigenvalue weighted by atomic mass is 16.2. The third-order valence-electron chi connectivity index (χ3n) is 7.01. The van der Waals surface area contributed by atoms with Gasteiger partial charge in [-0.2, -0.15) is 0 Å². The van der Waals surface area contributed by atoms with E-state index < -0.39 is 6.04 Å². The molecular formula is C34H36N2O2. The van der Waals surface area contributed by atoms with Crippen molar-refractivity contribution in [3.8, 4) is 0 Å². The molecule has 4 nitrogen and oxygen atoms in total. The summed E-state index contributed by atoms with van der Waals surface area (Å²) < 4.78 is 0. The summed E-state index contributed by atoms with van der Waals surface area (Å²) in [5.74, 6) is -0.289. The Labute approximate surface area is 226 Å². The normalized spacial score (nSPS) is 11.7. The first-order valence-corrected chi connectivity index (χ1v) is 13.3. The van der Waals surface area contributed by atoms with Crippen LogP contribution in [0.1, 0.15) is 47.1 Å². The largest absolute Gasteiger partial charge is 0.355 e. The fourth-order valence-corrected chi connectivity index (χ4v) is 4.91. The quantitative estimate of drug-likeness (QED) is 0.261. The molecule has 0 spiro atoms. The van der Waals surface area contributed by atoms with E-state index in [1.807, 2.05) is 105 Å². The molecule has 0 bridgehead atoms. The van der Waals surface area contributed by atoms with Crippen LogP contribution in [0.3, 0.4) is 0 Å². The molecule has 0 aromatic heterocycles. The molecule has 0 aliphatic rings. The molecule has 1 unspecified atom stereocenters. The molecule has 2 amide bonds. The van der Waals surface area contributed by atoms with E-state index in [1.165, 1.54) is 0 Å². The number of nitrogens with zero attached hydrogens (tertiary/aromatic N) is 1. The molecule has 38 heavy (non-hydrogen) atoms. The van der Waals surface area contributed by atoms with Crippen LogP contribution in [0.15, 0.2) is 115 Å². The van der Waals surface area contributed by atoms with Crippen molar-refractivity contribution >= 4 is 11.8 Å². The number of carbonyl (C=O) groups is 2. The molecule has 0 radical (unpaired) electrons. The molecule has 0 saturated heterocycles. The minimum Gasteiger partial charge on any atom is -0.355 e. The predicted octanol–water partition coefficient (Wildman–Crippen LogP) is 6.29. The first-order valence-electron chi connectivity index (χ1n) is 13.3. The second-order valence-electron chi connectivity index (χ2n) is 9.63. The van der Waals surface area contributed by atoms with Gasteiger partial charge in [-0.3, -0.25) is 9.59 Å². The molecule has 4 heteroatoms. The van der Waals surface area contributed by atoms with Crippen molar-refractivity contribution in [1.82, 2.24) is 10.2 Å². The summed E-state index contributed by atoms with van der Waals surface area (Å²) in [6, 6.07) is 37.7. The fourth-order valence-electron chi connectivity index (χ4n) is 4.91. The van der Waals surface area contributed by atoms with Crippen molar-refractivity contribution in [2.75, 3.05) is 6.54 Å². The van der Waals surface area contributed by atoms with E-state index in [-0.39, 0.29) is 24.2 Å². The highest BCUT2D eigenvalue weighted by molar-refractivity contribution is 5.88. The van der Waals surface area contributed by atoms with Gasteiger partial charge in [-0.25, -0.2) is 0 Å². The number of rotatable bonds is 11. The average molecular weight is 505 g/mol. The molecule has 4 rings (SSSR count). The van der Waals surface area contributed by atoms with E-state index in [9.17, 15) is 9.59 Å². The Morgan fingerprint density at radius 3 is 1.82 bits per heavy atom. The molecular weight excluding hydrogens is 468 g/mol. The number of aryl methyl sites for hydroxylation is 1. The van der Waals surface area contributed by atoms with Crippen LogP contribution in [0.5, 0.6) is 0 Å². The molecule has 4 aromatic carbocycles. The van der Waals surface area contributed by atoms with Crippen LogP contribution in [0.4, 0.5) is 0 Å². The summed E-state index contributed by atoms with van der Waals surface area (Å²) in [6.45, 7) is 4.84. The molecule has 0 saturated carbocycles. The highest BCUT2D eigenvalue weighted by Crippen LogP contribution is 2.30. The molecule has 194 valence electrons. The summed E-state index contributed by atoms with van der Waals surface area (Å²) >= 11 is 0. The van der Waals surface area contributed by atoms with Gasteiger partial charge in [0.2, 0.25) is 11.8 Å². The zero-order valence-electron chi connectivity index (χ0n) is 22.2. The molecule has 0 heterocycles. The summed E-state index contributed by atoms with van der Waals surface area (Å²) in [7, 11) is 0. The lowest BCUT2D eigenvalue weighted by Gasteiger charge is -2.33. The van der Waals surface area contributed by atoms with Gasteiger partial charge >= 0.3 is 0 Å². The van der Waals surface area contributed by atoms with Gasteiger partial charge in [0.15, 0.2) is 0 Å². The standard InChI is InChI=1S/C34H36N2O2/c1-3-35-34(38)32(23-27-16-7-4-8-17-27)36(25-30-22-14-13-15-26(30)2)33(37)24-31(28-18-9-5-10-19-28)29-20-11-6-12-21-29/h4-22,31-32H,3,23-25H2,1-2H3,(H,35,38). The molecule has 0 fully saturated rings. The maximum Gasteiger partial charge on any atom is 0.243 e. The van der Waals surface area contributed by atoms with E-state index in [4.69, 9.17) is 0 Å². The first kappa shape index (κ1) is 26.9. The Kier molecular flexibility index (Phi) is 9.47. The third kappa shape index (κ3) is 6.98. The van der Waals surface area contributed by atoms with Gasteiger partial charge in [0.1, 0.15) is 6.04 Å². The Morgan fingerprint density at radius 2 is 1.26 bits per heavy atom. The molecule has 1 atom stereocenters. The lowest BCUT2D eigenvalue weighted by Crippen LogP contribution is -2.50. The summed E-state index contributed by atoms with van der Waals surface area (Å²) in [5.41, 5.74) is 5.33. The van der Waals surface area contributed by atoms with Crippen LogP contribution < -0.4 is 5.32 Å². The van der Waals surface area contributed by atoms with Crippen LogP contribution in [0.2, 0.25) is 0 Å². The number of nitrogens with one attached hydrogen (secondary N) is 1. The molecule has 0 aliphatic carbocycles. The van der Waals surface area contributed by atoms with Gasteiger partial charge in [0.25, 0.3) is 0 Å². The zero-order valence-corrected chi connectivity index (χ0v) is 22.2. The van der Waals surface area contributed by atoms with Crippen molar-refractivity contribution in [2.24, 2.45) is 0 Å². The number of hydrogen-bond acceptors (Lipinski definition) is 2. The minimum atomic E-state index is -0.628. The van der Waals surface area contributed by atoms with Crippen LogP contribution in [-0.4, -0.2) is 29.3 Å². The van der Waals surface area contributed by atoms with Crippen LogP contribution in [-0.2, 0) is 22.6 Å². The Hall–Kier alpha value is -4.18. The molecule has 4 aromatic rings. The average Bonchev–Trinajstić information content (AvgIpc) is 2.96. The van der Waals surface area contributed by atoms with E-state index >= 15 is 0 Å². The van der Waals surface area contributed by atoms with Crippen LogP contribution >= 0.6 is 0 Å². The van der Waals surface area contributed by atoms with E-state index in [0.717, 1.165) is 27.8 Å². The van der Waals surface area contributed by atoms with Crippen molar-refractivity contribution in [2.45, 2.75) is 45.2 Å². The van der Waals surface area contributed by atoms with Crippen molar-refractivity contribution in [3.05, 3.63) is 143 Å². The Balaban J connectivity index is 1.73. The van der Waals surface area contributed by atoms with Gasteiger partial charge < -0.3 is 10.2 Å². The van der Waals surface area contributed by atoms with Gasteiger partial charge in [-0.05, 0) is 41.7 Å². The lowest BCUT2D eigenvalue weighted by molar-refractivity contribution is -0.141. The van der Waals surface area contributed by atoms with Gasteiger partial charge in [0, 0.05) is 31.8 Å². The summed E-state index contributed by atoms with van der Waals surface area (Å²) in [4.78, 5) is 29.6. The van der Waals surface area contributed by atoms with Crippen molar-refractivity contribution in [3.63, 3.8) is 0 Å². The number of benzene rings is 4. The fraction of sp³-hybridized carbons (Fsp3) is 0.235. The zero-order chi connectivity index (χ0) is 26.7. The lowest BCUT2D eigenvalue weighted by atomic mass is 9.87. The Bertz CT molecular complexity index is 1270. The highest BCUT2D eigenvalue weighted by Gasteiger charge is 2.32. The van der Waals surface area contributed by atoms with E-state index in [0.29, 0.717) is 19.5 Å². The minimum absolute atomic E-state index is 0.0434. The van der Waals surface area contributed by atoms with Crippen molar-refractivity contribution in [1.29, 1.82) is 0 Å². The summed E-state index contributed by atoms with van der Waals surface area (Å²) in [6.07, 6.45) is 0.718. The number of hydrogen-bond donors (Lipinski definition) is 1. The van der Waals surface area contributed by atoms with Crippen molar-refractivity contribution < 1.29 is 9.59 Å². The topological polar surface area (TPSA) is 49.4 Å². The monoisotopic (exact) mass is 504 g/mol. The van der Waals surface area contributed by atoms with Crippen LogP contribution in [0, 0.1) is 6.92 Å². The number of likely N-dealkylation sites (N-methyl/N-ethyl adjacent to an activating group) is 1. The third-order valence-corrected chi connectivity index (χ3v) is 7.01. The predicted molar refractivity (Wildman–Crippen MR) is 154 cm³/mol.